The Morgan fingerprint density at radius 3 is 2.38 bits per heavy atom. The first-order chi connectivity index (χ1) is 16.1. The molecule has 0 aromatic heterocycles. The first-order valence-corrected chi connectivity index (χ1v) is 12.4. The van der Waals surface area contributed by atoms with E-state index in [1.807, 2.05) is 40.7 Å². The zero-order valence-electron chi connectivity index (χ0n) is 21.1. The van der Waals surface area contributed by atoms with Gasteiger partial charge in [0.25, 0.3) is 5.91 Å². The number of fused-ring (bicyclic) bond motifs is 1. The van der Waals surface area contributed by atoms with E-state index in [4.69, 9.17) is 4.74 Å². The van der Waals surface area contributed by atoms with Gasteiger partial charge in [-0.15, -0.1) is 0 Å². The molecule has 0 bridgehead atoms. The van der Waals surface area contributed by atoms with Gasteiger partial charge in [-0.05, 0) is 76.6 Å². The lowest BCUT2D eigenvalue weighted by Crippen LogP contribution is -2.36. The van der Waals surface area contributed by atoms with E-state index in [9.17, 15) is 9.59 Å². The topological polar surface area (TPSA) is 59.0 Å². The number of aliphatic imine (C=N–C) groups is 1. The van der Waals surface area contributed by atoms with Crippen LogP contribution in [0.3, 0.4) is 0 Å². The Balaban J connectivity index is 1.65. The number of esters is 1. The Morgan fingerprint density at radius 1 is 1.06 bits per heavy atom. The quantitative estimate of drug-likeness (QED) is 0.494. The first kappa shape index (κ1) is 24.2. The van der Waals surface area contributed by atoms with Crippen molar-refractivity contribution in [3.8, 4) is 0 Å². The lowest BCUT2D eigenvalue weighted by Gasteiger charge is -2.26. The molecule has 180 valence electrons. The van der Waals surface area contributed by atoms with Crippen LogP contribution in [0.2, 0.25) is 0 Å². The predicted octanol–water partition coefficient (Wildman–Crippen LogP) is 6.43. The Kier molecular flexibility index (Phi) is 6.92. The van der Waals surface area contributed by atoms with Crippen LogP contribution >= 0.6 is 0 Å². The van der Waals surface area contributed by atoms with Gasteiger partial charge in [-0.2, -0.15) is 0 Å². The molecule has 0 N–H and O–H groups in total. The molecule has 1 heterocycles. The summed E-state index contributed by atoms with van der Waals surface area (Å²) in [5.74, 6) is 0.179. The largest absolute Gasteiger partial charge is 0.456 e. The summed E-state index contributed by atoms with van der Waals surface area (Å²) in [5, 5.41) is 0. The minimum absolute atomic E-state index is 0.0733. The molecule has 1 atom stereocenters. The fourth-order valence-corrected chi connectivity index (χ4v) is 4.96. The van der Waals surface area contributed by atoms with Crippen LogP contribution in [0, 0.1) is 0 Å². The molecule has 1 saturated carbocycles. The number of carbonyl (C=O) groups excluding carboxylic acids is 2. The summed E-state index contributed by atoms with van der Waals surface area (Å²) < 4.78 is 5.57. The summed E-state index contributed by atoms with van der Waals surface area (Å²) in [4.78, 5) is 32.5. The maximum absolute atomic E-state index is 13.4. The van der Waals surface area contributed by atoms with Crippen LogP contribution in [0.1, 0.15) is 99.7 Å². The molecule has 0 unspecified atom stereocenters. The molecule has 1 amide bonds. The summed E-state index contributed by atoms with van der Waals surface area (Å²) in [6.45, 7) is 9.71. The average Bonchev–Trinajstić information content (AvgIpc) is 2.89. The second-order valence-corrected chi connectivity index (χ2v) is 10.6. The van der Waals surface area contributed by atoms with Gasteiger partial charge in [0.05, 0.1) is 17.8 Å². The van der Waals surface area contributed by atoms with Crippen LogP contribution in [-0.2, 0) is 16.1 Å². The summed E-state index contributed by atoms with van der Waals surface area (Å²) in [6, 6.07) is 13.6. The van der Waals surface area contributed by atoms with Crippen LogP contribution in [-0.4, -0.2) is 29.2 Å². The van der Waals surface area contributed by atoms with Crippen molar-refractivity contribution in [1.29, 1.82) is 0 Å². The molecule has 4 rings (SSSR count). The number of benzene rings is 2. The summed E-state index contributed by atoms with van der Waals surface area (Å²) in [6.07, 6.45) is 6.49. The number of benzodiazepines with no additional fused rings is 1. The molecule has 0 radical (unpaired) electrons. The molecule has 1 fully saturated rings. The molecular weight excluding hydrogens is 424 g/mol. The monoisotopic (exact) mass is 460 g/mol. The molecule has 0 saturated heterocycles. The van der Waals surface area contributed by atoms with Crippen molar-refractivity contribution < 1.29 is 14.3 Å². The third-order valence-corrected chi connectivity index (χ3v) is 6.72. The number of anilines is 1. The highest BCUT2D eigenvalue weighted by Gasteiger charge is 2.29. The summed E-state index contributed by atoms with van der Waals surface area (Å²) in [7, 11) is 0. The fraction of sp³-hybridized carbons (Fsp3) is 0.483. The van der Waals surface area contributed by atoms with Crippen LogP contribution in [0.25, 0.3) is 0 Å². The van der Waals surface area contributed by atoms with Crippen molar-refractivity contribution in [1.82, 2.24) is 0 Å². The van der Waals surface area contributed by atoms with Crippen LogP contribution in [0.5, 0.6) is 0 Å². The molecule has 2 aromatic carbocycles. The number of hydrogen-bond acceptors (Lipinski definition) is 4. The van der Waals surface area contributed by atoms with Crippen LogP contribution in [0.15, 0.2) is 47.5 Å². The number of rotatable bonds is 4. The van der Waals surface area contributed by atoms with E-state index in [2.05, 4.69) is 29.3 Å². The normalized spacial score (nSPS) is 19.3. The number of nitrogens with zero attached hydrogens (tertiary/aromatic N) is 2. The molecule has 5 heteroatoms. The molecule has 5 nitrogen and oxygen atoms in total. The van der Waals surface area contributed by atoms with Gasteiger partial charge in [0.15, 0.2) is 0 Å². The zero-order chi connectivity index (χ0) is 24.5. The summed E-state index contributed by atoms with van der Waals surface area (Å²) in [5.41, 5.74) is 4.66. The van der Waals surface area contributed by atoms with Crippen molar-refractivity contribution in [3.63, 3.8) is 0 Å². The Morgan fingerprint density at radius 2 is 1.74 bits per heavy atom. The van der Waals surface area contributed by atoms with Gasteiger partial charge in [0, 0.05) is 11.3 Å². The van der Waals surface area contributed by atoms with Gasteiger partial charge in [-0.1, -0.05) is 49.6 Å². The maximum Gasteiger partial charge on any atom is 0.338 e. The highest BCUT2D eigenvalue weighted by Crippen LogP contribution is 2.33. The predicted molar refractivity (Wildman–Crippen MR) is 137 cm³/mol. The van der Waals surface area contributed by atoms with E-state index < -0.39 is 17.6 Å². The minimum Gasteiger partial charge on any atom is -0.456 e. The van der Waals surface area contributed by atoms with Gasteiger partial charge in [0.2, 0.25) is 0 Å². The molecule has 2 aromatic rings. The van der Waals surface area contributed by atoms with Crippen molar-refractivity contribution in [2.24, 2.45) is 4.99 Å². The van der Waals surface area contributed by atoms with E-state index >= 15 is 0 Å². The number of carbonyl (C=O) groups is 2. The van der Waals surface area contributed by atoms with Gasteiger partial charge < -0.3 is 9.64 Å². The molecular formula is C29H36N2O3. The zero-order valence-corrected chi connectivity index (χ0v) is 21.1. The maximum atomic E-state index is 13.4. The van der Waals surface area contributed by atoms with E-state index in [0.717, 1.165) is 16.8 Å². The van der Waals surface area contributed by atoms with E-state index in [1.54, 1.807) is 17.0 Å². The highest BCUT2D eigenvalue weighted by molar-refractivity contribution is 6.12. The van der Waals surface area contributed by atoms with Crippen molar-refractivity contribution in [2.75, 3.05) is 4.90 Å². The molecule has 1 aliphatic carbocycles. The lowest BCUT2D eigenvalue weighted by molar-refractivity contribution is -0.119. The third kappa shape index (κ3) is 5.40. The van der Waals surface area contributed by atoms with E-state index in [0.29, 0.717) is 23.7 Å². The second kappa shape index (κ2) is 9.73. The standard InChI is InChI=1S/C29H36N2O3/c1-19-25-16-15-24(28(33)34-29(3,4)5)17-26(25)31(27(32)20(2)30-19)18-21-11-13-23(14-12-21)22-9-7-6-8-10-22/h11-17,20,22H,6-10,18H2,1-5H3/t20-/m0/s1. The smallest absolute Gasteiger partial charge is 0.338 e. The SMILES string of the molecule is CC1=N[C@@H](C)C(=O)N(Cc2ccc(C3CCCCC3)cc2)c2cc(C(=O)OC(C)(C)C)ccc21. The minimum atomic E-state index is -0.592. The van der Waals surface area contributed by atoms with Crippen molar-refractivity contribution in [2.45, 2.75) is 90.8 Å². The Bertz CT molecular complexity index is 1090. The molecule has 1 aliphatic heterocycles. The van der Waals surface area contributed by atoms with Crippen LogP contribution < -0.4 is 4.90 Å². The first-order valence-electron chi connectivity index (χ1n) is 12.4. The van der Waals surface area contributed by atoms with Crippen molar-refractivity contribution >= 4 is 23.3 Å². The average molecular weight is 461 g/mol. The molecule has 0 spiro atoms. The van der Waals surface area contributed by atoms with Gasteiger partial charge in [0.1, 0.15) is 11.6 Å². The van der Waals surface area contributed by atoms with Crippen LogP contribution in [0.4, 0.5) is 5.69 Å². The number of amides is 1. The number of ether oxygens (including phenoxy) is 1. The van der Waals surface area contributed by atoms with Gasteiger partial charge in [-0.3, -0.25) is 9.79 Å². The molecule has 2 aliphatic rings. The highest BCUT2D eigenvalue weighted by atomic mass is 16.6. The molecule has 34 heavy (non-hydrogen) atoms. The van der Waals surface area contributed by atoms with Crippen molar-refractivity contribution in [3.05, 3.63) is 64.7 Å². The summed E-state index contributed by atoms with van der Waals surface area (Å²) >= 11 is 0. The lowest BCUT2D eigenvalue weighted by atomic mass is 9.84. The van der Waals surface area contributed by atoms with Gasteiger partial charge >= 0.3 is 5.97 Å². The Hall–Kier alpha value is -2.95. The van der Waals surface area contributed by atoms with Gasteiger partial charge in [-0.25, -0.2) is 4.79 Å². The fourth-order valence-electron chi connectivity index (χ4n) is 4.96. The Labute approximate surface area is 203 Å². The van der Waals surface area contributed by atoms with E-state index in [1.165, 1.54) is 37.7 Å². The number of hydrogen-bond donors (Lipinski definition) is 0. The van der Waals surface area contributed by atoms with E-state index in [-0.39, 0.29) is 5.91 Å². The second-order valence-electron chi connectivity index (χ2n) is 10.6. The third-order valence-electron chi connectivity index (χ3n) is 6.72.